The van der Waals surface area contributed by atoms with Crippen LogP contribution in [0.25, 0.3) is 11.0 Å². The van der Waals surface area contributed by atoms with Gasteiger partial charge in [-0.1, -0.05) is 44.2 Å². The summed E-state index contributed by atoms with van der Waals surface area (Å²) < 4.78 is 11.7. The molecule has 1 aromatic heterocycles. The van der Waals surface area contributed by atoms with Crippen molar-refractivity contribution in [1.29, 1.82) is 0 Å². The summed E-state index contributed by atoms with van der Waals surface area (Å²) in [7, 11) is 0. The van der Waals surface area contributed by atoms with E-state index in [2.05, 4.69) is 13.8 Å². The van der Waals surface area contributed by atoms with Crippen LogP contribution in [0.3, 0.4) is 0 Å². The number of ether oxygens (including phenoxy) is 1. The Morgan fingerprint density at radius 2 is 1.84 bits per heavy atom. The molecule has 0 fully saturated rings. The third-order valence-electron chi connectivity index (χ3n) is 4.35. The van der Waals surface area contributed by atoms with Crippen molar-refractivity contribution >= 4 is 11.0 Å². The average molecular weight is 336 g/mol. The fourth-order valence-corrected chi connectivity index (χ4v) is 2.83. The van der Waals surface area contributed by atoms with Crippen molar-refractivity contribution in [2.75, 3.05) is 6.61 Å². The maximum absolute atomic E-state index is 12.9. The molecule has 3 rings (SSSR count). The predicted octanol–water partition coefficient (Wildman–Crippen LogP) is 5.12. The molecule has 0 aliphatic rings. The quantitative estimate of drug-likeness (QED) is 0.627. The maximum Gasteiger partial charge on any atom is 0.196 e. The van der Waals surface area contributed by atoms with Crippen LogP contribution < -0.4 is 10.2 Å². The molecule has 3 aromatic rings. The van der Waals surface area contributed by atoms with E-state index < -0.39 is 0 Å². The van der Waals surface area contributed by atoms with Crippen LogP contribution in [0.2, 0.25) is 0 Å². The Labute approximate surface area is 148 Å². The second kappa shape index (κ2) is 7.56. The molecule has 0 amide bonds. The highest BCUT2D eigenvalue weighted by molar-refractivity contribution is 5.79. The van der Waals surface area contributed by atoms with Crippen LogP contribution in [0.5, 0.6) is 5.75 Å². The lowest BCUT2D eigenvalue weighted by atomic mass is 10.0. The van der Waals surface area contributed by atoms with Gasteiger partial charge >= 0.3 is 0 Å². The number of rotatable bonds is 6. The van der Waals surface area contributed by atoms with Crippen molar-refractivity contribution < 1.29 is 9.15 Å². The lowest BCUT2D eigenvalue weighted by molar-refractivity contribution is 0.289. The van der Waals surface area contributed by atoms with Gasteiger partial charge in [0, 0.05) is 18.1 Å². The number of hydrogen-bond acceptors (Lipinski definition) is 3. The molecule has 3 nitrogen and oxygen atoms in total. The minimum absolute atomic E-state index is 0.0383. The fourth-order valence-electron chi connectivity index (χ4n) is 2.83. The SMILES string of the molecule is Cc1oc2cc(OCCC(C)C)ccc2c(=O)c1Cc1ccccc1. The van der Waals surface area contributed by atoms with Gasteiger partial charge in [0.05, 0.1) is 12.0 Å². The zero-order chi connectivity index (χ0) is 17.8. The largest absolute Gasteiger partial charge is 0.493 e. The highest BCUT2D eigenvalue weighted by Gasteiger charge is 2.13. The minimum Gasteiger partial charge on any atom is -0.493 e. The molecular weight excluding hydrogens is 312 g/mol. The van der Waals surface area contributed by atoms with Gasteiger partial charge in [-0.15, -0.1) is 0 Å². The molecule has 25 heavy (non-hydrogen) atoms. The molecule has 0 aliphatic carbocycles. The van der Waals surface area contributed by atoms with Gasteiger partial charge in [-0.05, 0) is 37.0 Å². The van der Waals surface area contributed by atoms with Crippen molar-refractivity contribution in [3.8, 4) is 5.75 Å². The molecule has 2 aromatic carbocycles. The first kappa shape index (κ1) is 17.3. The molecule has 0 radical (unpaired) electrons. The fraction of sp³-hybridized carbons (Fsp3) is 0.318. The summed E-state index contributed by atoms with van der Waals surface area (Å²) in [5.74, 6) is 2.01. The summed E-state index contributed by atoms with van der Waals surface area (Å²) in [5, 5.41) is 0.604. The maximum atomic E-state index is 12.9. The summed E-state index contributed by atoms with van der Waals surface area (Å²) in [6, 6.07) is 15.4. The molecule has 3 heteroatoms. The Balaban J connectivity index is 1.91. The molecular formula is C22H24O3. The van der Waals surface area contributed by atoms with Gasteiger partial charge in [-0.2, -0.15) is 0 Å². The van der Waals surface area contributed by atoms with E-state index >= 15 is 0 Å². The van der Waals surface area contributed by atoms with Crippen LogP contribution in [-0.4, -0.2) is 6.61 Å². The lowest BCUT2D eigenvalue weighted by Gasteiger charge is -2.10. The molecule has 130 valence electrons. The van der Waals surface area contributed by atoms with Crippen molar-refractivity contribution in [2.24, 2.45) is 5.92 Å². The van der Waals surface area contributed by atoms with Gasteiger partial charge < -0.3 is 9.15 Å². The first-order valence-corrected chi connectivity index (χ1v) is 8.77. The summed E-state index contributed by atoms with van der Waals surface area (Å²) in [4.78, 5) is 12.9. The molecule has 0 N–H and O–H groups in total. The first-order valence-electron chi connectivity index (χ1n) is 8.77. The van der Waals surface area contributed by atoms with Crippen LogP contribution in [0.15, 0.2) is 57.7 Å². The highest BCUT2D eigenvalue weighted by Crippen LogP contribution is 2.22. The summed E-state index contributed by atoms with van der Waals surface area (Å²) in [6.07, 6.45) is 1.58. The molecule has 0 unspecified atom stereocenters. The third kappa shape index (κ3) is 4.11. The van der Waals surface area contributed by atoms with E-state index in [0.29, 0.717) is 41.2 Å². The summed E-state index contributed by atoms with van der Waals surface area (Å²) in [6.45, 7) is 6.85. The van der Waals surface area contributed by atoms with Gasteiger partial charge in [0.2, 0.25) is 0 Å². The van der Waals surface area contributed by atoms with Crippen molar-refractivity contribution in [2.45, 2.75) is 33.6 Å². The van der Waals surface area contributed by atoms with Gasteiger partial charge in [0.15, 0.2) is 5.43 Å². The molecule has 0 aliphatic heterocycles. The standard InChI is InChI=1S/C22H24O3/c1-15(2)11-12-24-18-9-10-19-21(14-18)25-16(3)20(22(19)23)13-17-7-5-4-6-8-17/h4-10,14-15H,11-13H2,1-3H3. The molecule has 0 spiro atoms. The van der Waals surface area contributed by atoms with Crippen molar-refractivity contribution in [3.63, 3.8) is 0 Å². The second-order valence-corrected chi connectivity index (χ2v) is 6.82. The normalized spacial score (nSPS) is 11.2. The van der Waals surface area contributed by atoms with E-state index in [1.807, 2.05) is 49.4 Å². The van der Waals surface area contributed by atoms with E-state index in [0.717, 1.165) is 17.7 Å². The Kier molecular flexibility index (Phi) is 5.22. The molecule has 0 bridgehead atoms. The van der Waals surface area contributed by atoms with Crippen LogP contribution in [0.4, 0.5) is 0 Å². The van der Waals surface area contributed by atoms with Crippen LogP contribution in [-0.2, 0) is 6.42 Å². The van der Waals surface area contributed by atoms with Crippen LogP contribution in [0.1, 0.15) is 37.2 Å². The average Bonchev–Trinajstić information content (AvgIpc) is 2.59. The van der Waals surface area contributed by atoms with Gasteiger partial charge in [-0.3, -0.25) is 4.79 Å². The number of hydrogen-bond donors (Lipinski definition) is 0. The molecule has 0 saturated heterocycles. The van der Waals surface area contributed by atoms with Gasteiger partial charge in [0.1, 0.15) is 17.1 Å². The summed E-state index contributed by atoms with van der Waals surface area (Å²) >= 11 is 0. The van der Waals surface area contributed by atoms with E-state index in [9.17, 15) is 4.79 Å². The third-order valence-corrected chi connectivity index (χ3v) is 4.35. The van der Waals surface area contributed by atoms with Crippen LogP contribution in [0, 0.1) is 12.8 Å². The molecule has 0 atom stereocenters. The number of aryl methyl sites for hydroxylation is 1. The van der Waals surface area contributed by atoms with Gasteiger partial charge in [-0.25, -0.2) is 0 Å². The van der Waals surface area contributed by atoms with Crippen molar-refractivity contribution in [1.82, 2.24) is 0 Å². The van der Waals surface area contributed by atoms with Crippen molar-refractivity contribution in [3.05, 3.63) is 75.6 Å². The first-order chi connectivity index (χ1) is 12.0. The Bertz CT molecular complexity index is 908. The van der Waals surface area contributed by atoms with E-state index in [4.69, 9.17) is 9.15 Å². The number of benzene rings is 2. The summed E-state index contributed by atoms with van der Waals surface area (Å²) in [5.41, 5.74) is 2.44. The van der Waals surface area contributed by atoms with Crippen LogP contribution >= 0.6 is 0 Å². The Morgan fingerprint density at radius 1 is 1.08 bits per heavy atom. The zero-order valence-electron chi connectivity index (χ0n) is 15.0. The molecule has 0 saturated carbocycles. The molecule has 1 heterocycles. The minimum atomic E-state index is 0.0383. The lowest BCUT2D eigenvalue weighted by Crippen LogP contribution is -2.12. The number of fused-ring (bicyclic) bond motifs is 1. The van der Waals surface area contributed by atoms with E-state index in [1.165, 1.54) is 0 Å². The van der Waals surface area contributed by atoms with E-state index in [1.54, 1.807) is 6.07 Å². The topological polar surface area (TPSA) is 39.4 Å². The van der Waals surface area contributed by atoms with Gasteiger partial charge in [0.25, 0.3) is 0 Å². The second-order valence-electron chi connectivity index (χ2n) is 6.82. The Hall–Kier alpha value is -2.55. The highest BCUT2D eigenvalue weighted by atomic mass is 16.5. The monoisotopic (exact) mass is 336 g/mol. The Morgan fingerprint density at radius 3 is 2.56 bits per heavy atom. The smallest absolute Gasteiger partial charge is 0.196 e. The van der Waals surface area contributed by atoms with E-state index in [-0.39, 0.29) is 5.43 Å². The predicted molar refractivity (Wildman–Crippen MR) is 101 cm³/mol. The zero-order valence-corrected chi connectivity index (χ0v) is 15.0.